The van der Waals surface area contributed by atoms with Crippen LogP contribution < -0.4 is 5.32 Å². The lowest BCUT2D eigenvalue weighted by atomic mass is 9.82. The molecular weight excluding hydrogens is 162 g/mol. The van der Waals surface area contributed by atoms with Crippen LogP contribution in [-0.2, 0) is 4.74 Å². The van der Waals surface area contributed by atoms with E-state index in [1.807, 2.05) is 6.92 Å². The lowest BCUT2D eigenvalue weighted by molar-refractivity contribution is 0.144. The van der Waals surface area contributed by atoms with Crippen molar-refractivity contribution in [2.24, 2.45) is 5.92 Å². The molecule has 76 valence electrons. The van der Waals surface area contributed by atoms with Crippen LogP contribution in [0.4, 0.5) is 0 Å². The minimum absolute atomic E-state index is 0.697. The Morgan fingerprint density at radius 1 is 1.54 bits per heavy atom. The van der Waals surface area contributed by atoms with Crippen molar-refractivity contribution in [3.63, 3.8) is 0 Å². The Morgan fingerprint density at radius 2 is 2.23 bits per heavy atom. The van der Waals surface area contributed by atoms with Gasteiger partial charge in [-0.3, -0.25) is 0 Å². The Balaban J connectivity index is 1.82. The Kier molecular flexibility index (Phi) is 4.46. The van der Waals surface area contributed by atoms with E-state index in [0.717, 1.165) is 30.7 Å². The van der Waals surface area contributed by atoms with Gasteiger partial charge in [-0.25, -0.2) is 0 Å². The summed E-state index contributed by atoms with van der Waals surface area (Å²) in [6.45, 7) is 10.5. The second-order valence-corrected chi connectivity index (χ2v) is 4.24. The maximum absolute atomic E-state index is 5.38. The van der Waals surface area contributed by atoms with Gasteiger partial charge in [0.25, 0.3) is 0 Å². The van der Waals surface area contributed by atoms with Gasteiger partial charge in [-0.1, -0.05) is 19.1 Å². The molecule has 0 aromatic carbocycles. The van der Waals surface area contributed by atoms with Gasteiger partial charge in [0.05, 0.1) is 13.2 Å². The minimum Gasteiger partial charge on any atom is -0.376 e. The van der Waals surface area contributed by atoms with Gasteiger partial charge in [-0.15, -0.1) is 0 Å². The minimum atomic E-state index is 0.697. The van der Waals surface area contributed by atoms with E-state index in [4.69, 9.17) is 4.74 Å². The summed E-state index contributed by atoms with van der Waals surface area (Å²) in [6, 6.07) is 0.753. The van der Waals surface area contributed by atoms with Gasteiger partial charge in [0.1, 0.15) is 0 Å². The van der Waals surface area contributed by atoms with Gasteiger partial charge in [-0.05, 0) is 25.7 Å². The fraction of sp³-hybridized carbons (Fsp3) is 0.818. The molecule has 0 spiro atoms. The first kappa shape index (κ1) is 10.7. The van der Waals surface area contributed by atoms with Gasteiger partial charge in [0.2, 0.25) is 0 Å². The van der Waals surface area contributed by atoms with Gasteiger partial charge in [0.15, 0.2) is 0 Å². The monoisotopic (exact) mass is 183 g/mol. The largest absolute Gasteiger partial charge is 0.376 e. The lowest BCUT2D eigenvalue weighted by Gasteiger charge is -2.33. The molecule has 13 heavy (non-hydrogen) atoms. The SMILES string of the molecule is C=C(C)COCCNC1CC(C)C1. The van der Waals surface area contributed by atoms with Gasteiger partial charge >= 0.3 is 0 Å². The Morgan fingerprint density at radius 3 is 2.77 bits per heavy atom. The summed E-state index contributed by atoms with van der Waals surface area (Å²) in [6.07, 6.45) is 2.67. The van der Waals surface area contributed by atoms with Crippen molar-refractivity contribution in [3.8, 4) is 0 Å². The normalized spacial score (nSPS) is 26.9. The molecule has 0 heterocycles. The number of ether oxygens (including phenoxy) is 1. The van der Waals surface area contributed by atoms with Crippen LogP contribution in [0.3, 0.4) is 0 Å². The van der Waals surface area contributed by atoms with E-state index < -0.39 is 0 Å². The van der Waals surface area contributed by atoms with Crippen molar-refractivity contribution in [1.29, 1.82) is 0 Å². The smallest absolute Gasteiger partial charge is 0.0672 e. The van der Waals surface area contributed by atoms with Gasteiger partial charge in [-0.2, -0.15) is 0 Å². The van der Waals surface area contributed by atoms with E-state index in [1.165, 1.54) is 12.8 Å². The zero-order valence-corrected chi connectivity index (χ0v) is 8.81. The molecule has 0 atom stereocenters. The Hall–Kier alpha value is -0.340. The second kappa shape index (κ2) is 5.40. The molecule has 0 radical (unpaired) electrons. The molecule has 1 rings (SSSR count). The molecule has 0 aromatic heterocycles. The average Bonchev–Trinajstić information content (AvgIpc) is 1.99. The Labute approximate surface area is 81.4 Å². The standard InChI is InChI=1S/C11H21NO/c1-9(2)8-13-5-4-12-11-6-10(3)7-11/h10-12H,1,4-8H2,2-3H3. The summed E-state index contributed by atoms with van der Waals surface area (Å²) in [5.41, 5.74) is 1.09. The molecule has 1 fully saturated rings. The highest BCUT2D eigenvalue weighted by Gasteiger charge is 2.23. The molecular formula is C11H21NO. The van der Waals surface area contributed by atoms with E-state index in [9.17, 15) is 0 Å². The first-order valence-corrected chi connectivity index (χ1v) is 5.14. The van der Waals surface area contributed by atoms with Crippen LogP contribution in [0.1, 0.15) is 26.7 Å². The summed E-state index contributed by atoms with van der Waals surface area (Å²) < 4.78 is 5.38. The van der Waals surface area contributed by atoms with Crippen LogP contribution in [0.25, 0.3) is 0 Å². The number of rotatable bonds is 6. The van der Waals surface area contributed by atoms with Gasteiger partial charge < -0.3 is 10.1 Å². The number of nitrogens with one attached hydrogen (secondary N) is 1. The highest BCUT2D eigenvalue weighted by Crippen LogP contribution is 2.25. The topological polar surface area (TPSA) is 21.3 Å². The van der Waals surface area contributed by atoms with Crippen LogP contribution >= 0.6 is 0 Å². The number of hydrogen-bond donors (Lipinski definition) is 1. The summed E-state index contributed by atoms with van der Waals surface area (Å²) in [7, 11) is 0. The molecule has 0 unspecified atom stereocenters. The van der Waals surface area contributed by atoms with Crippen LogP contribution in [0.2, 0.25) is 0 Å². The second-order valence-electron chi connectivity index (χ2n) is 4.24. The van der Waals surface area contributed by atoms with Gasteiger partial charge in [0, 0.05) is 12.6 Å². The molecule has 2 nitrogen and oxygen atoms in total. The van der Waals surface area contributed by atoms with E-state index in [-0.39, 0.29) is 0 Å². The zero-order valence-electron chi connectivity index (χ0n) is 8.81. The molecule has 2 heteroatoms. The van der Waals surface area contributed by atoms with E-state index in [1.54, 1.807) is 0 Å². The van der Waals surface area contributed by atoms with E-state index in [0.29, 0.717) is 6.61 Å². The number of hydrogen-bond acceptors (Lipinski definition) is 2. The highest BCUT2D eigenvalue weighted by atomic mass is 16.5. The van der Waals surface area contributed by atoms with Crippen molar-refractivity contribution in [2.45, 2.75) is 32.7 Å². The highest BCUT2D eigenvalue weighted by molar-refractivity contribution is 4.87. The third kappa shape index (κ3) is 4.44. The molecule has 1 saturated carbocycles. The van der Waals surface area contributed by atoms with E-state index >= 15 is 0 Å². The molecule has 1 aliphatic rings. The molecule has 1 N–H and O–H groups in total. The molecule has 0 amide bonds. The maximum Gasteiger partial charge on any atom is 0.0672 e. The first-order chi connectivity index (χ1) is 6.18. The van der Waals surface area contributed by atoms with Crippen LogP contribution in [0.15, 0.2) is 12.2 Å². The Bertz CT molecular complexity index is 161. The van der Waals surface area contributed by atoms with Crippen LogP contribution in [0.5, 0.6) is 0 Å². The fourth-order valence-corrected chi connectivity index (χ4v) is 1.65. The average molecular weight is 183 g/mol. The quantitative estimate of drug-likeness (QED) is 0.502. The van der Waals surface area contributed by atoms with Crippen molar-refractivity contribution in [3.05, 3.63) is 12.2 Å². The lowest BCUT2D eigenvalue weighted by Crippen LogP contribution is -2.41. The van der Waals surface area contributed by atoms with Crippen molar-refractivity contribution >= 4 is 0 Å². The summed E-state index contributed by atoms with van der Waals surface area (Å²) >= 11 is 0. The fourth-order valence-electron chi connectivity index (χ4n) is 1.65. The summed E-state index contributed by atoms with van der Waals surface area (Å²) in [4.78, 5) is 0. The third-order valence-corrected chi connectivity index (χ3v) is 2.40. The van der Waals surface area contributed by atoms with Crippen molar-refractivity contribution < 1.29 is 4.74 Å². The summed E-state index contributed by atoms with van der Waals surface area (Å²) in [5, 5.41) is 3.47. The zero-order chi connectivity index (χ0) is 9.68. The van der Waals surface area contributed by atoms with Crippen LogP contribution in [-0.4, -0.2) is 25.8 Å². The molecule has 0 aromatic rings. The predicted octanol–water partition coefficient (Wildman–Crippen LogP) is 1.97. The van der Waals surface area contributed by atoms with Crippen LogP contribution in [0, 0.1) is 5.92 Å². The summed E-state index contributed by atoms with van der Waals surface area (Å²) in [5.74, 6) is 0.925. The molecule has 0 aliphatic heterocycles. The van der Waals surface area contributed by atoms with Crippen molar-refractivity contribution in [2.75, 3.05) is 19.8 Å². The van der Waals surface area contributed by atoms with E-state index in [2.05, 4.69) is 18.8 Å². The molecule has 0 bridgehead atoms. The predicted molar refractivity (Wildman–Crippen MR) is 55.8 cm³/mol. The first-order valence-electron chi connectivity index (χ1n) is 5.14. The van der Waals surface area contributed by atoms with Crippen molar-refractivity contribution in [1.82, 2.24) is 5.32 Å². The third-order valence-electron chi connectivity index (χ3n) is 2.40. The molecule has 1 aliphatic carbocycles. The molecule has 0 saturated heterocycles. The maximum atomic E-state index is 5.38.